The Hall–Kier alpha value is -0.160. The molecule has 1 saturated heterocycles. The highest BCUT2D eigenvalue weighted by Crippen LogP contribution is 2.29. The van der Waals surface area contributed by atoms with Crippen LogP contribution in [0.3, 0.4) is 0 Å². The number of aliphatic hydroxyl groups is 2. The second-order valence-electron chi connectivity index (χ2n) is 3.51. The van der Waals surface area contributed by atoms with Gasteiger partial charge < -0.3 is 19.7 Å². The SMILES string of the molecule is COC1C(C)OC(O)CC1(C)O. The Bertz CT molecular complexity index is 157. The minimum absolute atomic E-state index is 0.190. The van der Waals surface area contributed by atoms with Crippen LogP contribution in [-0.4, -0.2) is 41.4 Å². The molecule has 0 aromatic rings. The molecule has 1 heterocycles. The van der Waals surface area contributed by atoms with E-state index in [1.165, 1.54) is 7.11 Å². The zero-order valence-corrected chi connectivity index (χ0v) is 7.65. The highest BCUT2D eigenvalue weighted by molar-refractivity contribution is 4.91. The molecule has 0 aromatic heterocycles. The minimum Gasteiger partial charge on any atom is -0.387 e. The van der Waals surface area contributed by atoms with Crippen molar-refractivity contribution in [2.45, 2.75) is 44.4 Å². The summed E-state index contributed by atoms with van der Waals surface area (Å²) in [4.78, 5) is 0. The monoisotopic (exact) mass is 176 g/mol. The quantitative estimate of drug-likeness (QED) is 0.584. The van der Waals surface area contributed by atoms with Gasteiger partial charge in [0.15, 0.2) is 6.29 Å². The van der Waals surface area contributed by atoms with Crippen LogP contribution in [0.1, 0.15) is 20.3 Å². The predicted octanol–water partition coefficient (Wildman–Crippen LogP) is -0.120. The molecule has 4 nitrogen and oxygen atoms in total. The highest BCUT2D eigenvalue weighted by atomic mass is 16.6. The number of rotatable bonds is 1. The summed E-state index contributed by atoms with van der Waals surface area (Å²) in [7, 11) is 1.52. The Kier molecular flexibility index (Phi) is 2.73. The predicted molar refractivity (Wildman–Crippen MR) is 42.6 cm³/mol. The first kappa shape index (κ1) is 9.92. The molecular weight excluding hydrogens is 160 g/mol. The molecule has 4 unspecified atom stereocenters. The average Bonchev–Trinajstić information content (AvgIpc) is 1.82. The van der Waals surface area contributed by atoms with Gasteiger partial charge in [-0.25, -0.2) is 0 Å². The van der Waals surface area contributed by atoms with Gasteiger partial charge in [0.25, 0.3) is 0 Å². The van der Waals surface area contributed by atoms with Crippen molar-refractivity contribution in [3.8, 4) is 0 Å². The van der Waals surface area contributed by atoms with Gasteiger partial charge in [0.2, 0.25) is 0 Å². The molecule has 1 aliphatic rings. The van der Waals surface area contributed by atoms with Crippen molar-refractivity contribution >= 4 is 0 Å². The lowest BCUT2D eigenvalue weighted by Crippen LogP contribution is -2.55. The summed E-state index contributed by atoms with van der Waals surface area (Å²) >= 11 is 0. The molecular formula is C8H16O4. The van der Waals surface area contributed by atoms with Crippen LogP contribution in [0.2, 0.25) is 0 Å². The van der Waals surface area contributed by atoms with E-state index in [1.54, 1.807) is 13.8 Å². The van der Waals surface area contributed by atoms with Crippen LogP contribution in [0.5, 0.6) is 0 Å². The van der Waals surface area contributed by atoms with Crippen molar-refractivity contribution in [3.05, 3.63) is 0 Å². The topological polar surface area (TPSA) is 58.9 Å². The van der Waals surface area contributed by atoms with E-state index in [4.69, 9.17) is 9.47 Å². The van der Waals surface area contributed by atoms with E-state index in [0.717, 1.165) is 0 Å². The summed E-state index contributed by atoms with van der Waals surface area (Å²) in [5.41, 5.74) is -1.01. The van der Waals surface area contributed by atoms with Gasteiger partial charge in [0.1, 0.15) is 6.10 Å². The Labute approximate surface area is 72.1 Å². The van der Waals surface area contributed by atoms with Crippen LogP contribution in [0.4, 0.5) is 0 Å². The molecule has 0 radical (unpaired) electrons. The lowest BCUT2D eigenvalue weighted by molar-refractivity contribution is -0.262. The molecule has 0 aromatic carbocycles. The molecule has 1 aliphatic heterocycles. The van der Waals surface area contributed by atoms with Gasteiger partial charge in [-0.1, -0.05) is 0 Å². The molecule has 0 amide bonds. The maximum Gasteiger partial charge on any atom is 0.157 e. The van der Waals surface area contributed by atoms with Crippen molar-refractivity contribution in [2.75, 3.05) is 7.11 Å². The molecule has 0 bridgehead atoms. The van der Waals surface area contributed by atoms with Crippen LogP contribution >= 0.6 is 0 Å². The number of aliphatic hydroxyl groups excluding tert-OH is 1. The molecule has 72 valence electrons. The summed E-state index contributed by atoms with van der Waals surface area (Å²) in [5, 5.41) is 19.0. The molecule has 12 heavy (non-hydrogen) atoms. The minimum atomic E-state index is -1.01. The summed E-state index contributed by atoms with van der Waals surface area (Å²) in [6, 6.07) is 0. The fourth-order valence-electron chi connectivity index (χ4n) is 1.79. The van der Waals surface area contributed by atoms with E-state index in [0.29, 0.717) is 0 Å². The first-order valence-electron chi connectivity index (χ1n) is 4.06. The number of hydrogen-bond acceptors (Lipinski definition) is 4. The number of hydrogen-bond donors (Lipinski definition) is 2. The van der Waals surface area contributed by atoms with E-state index in [1.807, 2.05) is 0 Å². The van der Waals surface area contributed by atoms with Gasteiger partial charge in [0.05, 0.1) is 11.7 Å². The third kappa shape index (κ3) is 1.77. The zero-order chi connectivity index (χ0) is 9.35. The Morgan fingerprint density at radius 3 is 2.58 bits per heavy atom. The van der Waals surface area contributed by atoms with Gasteiger partial charge in [-0.05, 0) is 13.8 Å². The van der Waals surface area contributed by atoms with Crippen LogP contribution in [0.25, 0.3) is 0 Å². The Balaban J connectivity index is 2.71. The van der Waals surface area contributed by atoms with Crippen LogP contribution in [0, 0.1) is 0 Å². The third-order valence-corrected chi connectivity index (χ3v) is 2.25. The molecule has 4 heteroatoms. The summed E-state index contributed by atoms with van der Waals surface area (Å²) in [6.07, 6.45) is -1.36. The molecule has 1 rings (SSSR count). The van der Waals surface area contributed by atoms with E-state index in [2.05, 4.69) is 0 Å². The first-order valence-corrected chi connectivity index (χ1v) is 4.06. The smallest absolute Gasteiger partial charge is 0.157 e. The van der Waals surface area contributed by atoms with E-state index >= 15 is 0 Å². The van der Waals surface area contributed by atoms with Crippen molar-refractivity contribution in [1.82, 2.24) is 0 Å². The van der Waals surface area contributed by atoms with E-state index < -0.39 is 11.9 Å². The van der Waals surface area contributed by atoms with Crippen LogP contribution in [0.15, 0.2) is 0 Å². The summed E-state index contributed by atoms with van der Waals surface area (Å²) in [5.74, 6) is 0. The van der Waals surface area contributed by atoms with Gasteiger partial charge >= 0.3 is 0 Å². The fraction of sp³-hybridized carbons (Fsp3) is 1.00. The van der Waals surface area contributed by atoms with Crippen molar-refractivity contribution in [3.63, 3.8) is 0 Å². The molecule has 0 saturated carbocycles. The second-order valence-corrected chi connectivity index (χ2v) is 3.51. The van der Waals surface area contributed by atoms with Crippen molar-refractivity contribution in [1.29, 1.82) is 0 Å². The second kappa shape index (κ2) is 3.30. The van der Waals surface area contributed by atoms with Gasteiger partial charge in [-0.2, -0.15) is 0 Å². The normalized spacial score (nSPS) is 49.2. The first-order chi connectivity index (χ1) is 5.47. The van der Waals surface area contributed by atoms with Gasteiger partial charge in [0, 0.05) is 13.5 Å². The van der Waals surface area contributed by atoms with Crippen LogP contribution in [-0.2, 0) is 9.47 Å². The molecule has 0 spiro atoms. The van der Waals surface area contributed by atoms with Gasteiger partial charge in [-0.3, -0.25) is 0 Å². The number of ether oxygens (including phenoxy) is 2. The van der Waals surface area contributed by atoms with Crippen molar-refractivity contribution in [2.24, 2.45) is 0 Å². The summed E-state index contributed by atoms with van der Waals surface area (Å²) < 4.78 is 10.2. The maximum atomic E-state index is 9.81. The van der Waals surface area contributed by atoms with Crippen LogP contribution < -0.4 is 0 Å². The molecule has 1 fully saturated rings. The van der Waals surface area contributed by atoms with Crippen molar-refractivity contribution < 1.29 is 19.7 Å². The Morgan fingerprint density at radius 2 is 2.17 bits per heavy atom. The molecule has 2 N–H and O–H groups in total. The summed E-state index contributed by atoms with van der Waals surface area (Å²) in [6.45, 7) is 3.41. The zero-order valence-electron chi connectivity index (χ0n) is 7.65. The lowest BCUT2D eigenvalue weighted by Gasteiger charge is -2.42. The lowest BCUT2D eigenvalue weighted by atomic mass is 9.89. The Morgan fingerprint density at radius 1 is 1.58 bits per heavy atom. The third-order valence-electron chi connectivity index (χ3n) is 2.25. The number of methoxy groups -OCH3 is 1. The highest BCUT2D eigenvalue weighted by Gasteiger charge is 2.43. The maximum absolute atomic E-state index is 9.81. The average molecular weight is 176 g/mol. The fourth-order valence-corrected chi connectivity index (χ4v) is 1.79. The standard InChI is InChI=1S/C8H16O4/c1-5-7(11-3)8(2,10)4-6(9)12-5/h5-7,9-10H,4H2,1-3H3. The largest absolute Gasteiger partial charge is 0.387 e. The van der Waals surface area contributed by atoms with E-state index in [-0.39, 0.29) is 18.6 Å². The molecule has 0 aliphatic carbocycles. The molecule has 4 atom stereocenters. The van der Waals surface area contributed by atoms with Gasteiger partial charge in [-0.15, -0.1) is 0 Å². The van der Waals surface area contributed by atoms with E-state index in [9.17, 15) is 10.2 Å².